The molecule has 0 saturated carbocycles. The maximum absolute atomic E-state index is 11.7. The van der Waals surface area contributed by atoms with Gasteiger partial charge in [0.1, 0.15) is 17.4 Å². The zero-order valence-corrected chi connectivity index (χ0v) is 17.0. The van der Waals surface area contributed by atoms with Crippen LogP contribution in [-0.2, 0) is 22.5 Å². The highest BCUT2D eigenvalue weighted by Crippen LogP contribution is 2.32. The van der Waals surface area contributed by atoms with Crippen molar-refractivity contribution in [2.75, 3.05) is 12.4 Å². The minimum Gasteiger partial charge on any atom is -0.465 e. The summed E-state index contributed by atoms with van der Waals surface area (Å²) < 4.78 is 4.64. The van der Waals surface area contributed by atoms with E-state index in [-0.39, 0.29) is 12.1 Å². The predicted octanol–water partition coefficient (Wildman–Crippen LogP) is 4.04. The second-order valence-electron chi connectivity index (χ2n) is 6.88. The van der Waals surface area contributed by atoms with Crippen LogP contribution in [0.25, 0.3) is 22.0 Å². The van der Waals surface area contributed by atoms with Gasteiger partial charge in [-0.3, -0.25) is 10.4 Å². The van der Waals surface area contributed by atoms with Crippen LogP contribution < -0.4 is 5.32 Å². The zero-order valence-electron chi connectivity index (χ0n) is 17.0. The van der Waals surface area contributed by atoms with Crippen LogP contribution >= 0.6 is 0 Å². The Morgan fingerprint density at radius 2 is 1.81 bits per heavy atom. The number of hydrogen-bond acceptors (Lipinski definition) is 7. The molecular weight excluding hydrogens is 390 g/mol. The summed E-state index contributed by atoms with van der Waals surface area (Å²) >= 11 is 0. The van der Waals surface area contributed by atoms with Crippen molar-refractivity contribution >= 4 is 28.4 Å². The van der Waals surface area contributed by atoms with Crippen LogP contribution in [0.15, 0.2) is 72.9 Å². The van der Waals surface area contributed by atoms with Gasteiger partial charge in [0.25, 0.3) is 0 Å². The highest BCUT2D eigenvalue weighted by Gasteiger charge is 2.17. The van der Waals surface area contributed by atoms with Crippen LogP contribution in [0.1, 0.15) is 11.5 Å². The van der Waals surface area contributed by atoms with E-state index in [9.17, 15) is 4.79 Å². The van der Waals surface area contributed by atoms with Crippen molar-refractivity contribution in [2.45, 2.75) is 13.0 Å². The number of fused-ring (bicyclic) bond motifs is 1. The van der Waals surface area contributed by atoms with Gasteiger partial charge < -0.3 is 10.1 Å². The highest BCUT2D eigenvalue weighted by molar-refractivity contribution is 6.35. The minimum absolute atomic E-state index is 0.0174. The molecule has 0 bridgehead atoms. The number of pyridine rings is 1. The van der Waals surface area contributed by atoms with Crippen LogP contribution in [0.3, 0.4) is 0 Å². The Bertz CT molecular complexity index is 1230. The fraction of sp³-hybridized carbons (Fsp3) is 0.125. The molecule has 31 heavy (non-hydrogen) atoms. The number of nitrogens with one attached hydrogen (secondary N) is 2. The van der Waals surface area contributed by atoms with E-state index in [0.717, 1.165) is 27.7 Å². The number of benzene rings is 2. The van der Waals surface area contributed by atoms with Gasteiger partial charge in [0.2, 0.25) is 0 Å². The first-order valence-electron chi connectivity index (χ1n) is 9.80. The molecule has 0 aliphatic heterocycles. The van der Waals surface area contributed by atoms with E-state index in [2.05, 4.69) is 25.0 Å². The largest absolute Gasteiger partial charge is 0.465 e. The molecule has 4 aromatic rings. The molecule has 0 unspecified atom stereocenters. The highest BCUT2D eigenvalue weighted by atomic mass is 16.5. The normalized spacial score (nSPS) is 10.6. The molecule has 7 nitrogen and oxygen atoms in total. The fourth-order valence-electron chi connectivity index (χ4n) is 3.33. The first-order valence-corrected chi connectivity index (χ1v) is 9.80. The number of anilines is 1. The van der Waals surface area contributed by atoms with Crippen molar-refractivity contribution in [3.63, 3.8) is 0 Å². The molecule has 2 aromatic heterocycles. The number of hydrogen-bond donors (Lipinski definition) is 2. The molecule has 0 saturated heterocycles. The number of methoxy groups -OCH3 is 1. The Kier molecular flexibility index (Phi) is 5.93. The number of aromatic nitrogens is 3. The predicted molar refractivity (Wildman–Crippen MR) is 120 cm³/mol. The molecule has 7 heteroatoms. The first-order chi connectivity index (χ1) is 15.2. The molecule has 2 aromatic carbocycles. The molecule has 0 fully saturated rings. The standard InChI is InChI=1S/C24H21N5O2/c1-31-24(30)19(25)14-21-28-20-12-7-11-18(16-8-3-2-4-9-16)22(20)23(29-21)27-15-17-10-5-6-13-26-17/h2-13,25H,14-15H2,1H3,(H,27,28,29). The van der Waals surface area contributed by atoms with Crippen LogP contribution in [0.5, 0.6) is 0 Å². The van der Waals surface area contributed by atoms with Crippen molar-refractivity contribution in [1.82, 2.24) is 15.0 Å². The third kappa shape index (κ3) is 4.56. The smallest absolute Gasteiger partial charge is 0.352 e. The minimum atomic E-state index is -0.690. The van der Waals surface area contributed by atoms with Crippen molar-refractivity contribution in [1.29, 1.82) is 5.41 Å². The molecule has 4 rings (SSSR count). The molecular formula is C24H21N5O2. The van der Waals surface area contributed by atoms with Gasteiger partial charge in [-0.2, -0.15) is 0 Å². The van der Waals surface area contributed by atoms with E-state index in [1.54, 1.807) is 6.20 Å². The average molecular weight is 411 g/mol. The van der Waals surface area contributed by atoms with Crippen molar-refractivity contribution in [3.05, 3.63) is 84.4 Å². The van der Waals surface area contributed by atoms with E-state index in [4.69, 9.17) is 5.41 Å². The van der Waals surface area contributed by atoms with Crippen LogP contribution in [0.2, 0.25) is 0 Å². The maximum atomic E-state index is 11.7. The lowest BCUT2D eigenvalue weighted by molar-refractivity contribution is -0.132. The first kappa shape index (κ1) is 20.2. The van der Waals surface area contributed by atoms with Crippen LogP contribution in [0, 0.1) is 5.41 Å². The van der Waals surface area contributed by atoms with Gasteiger partial charge in [0.05, 0.1) is 36.7 Å². The molecule has 0 spiro atoms. The summed E-state index contributed by atoms with van der Waals surface area (Å²) in [6.07, 6.45) is 1.73. The number of ether oxygens (including phenoxy) is 1. The van der Waals surface area contributed by atoms with Gasteiger partial charge in [-0.05, 0) is 29.3 Å². The summed E-state index contributed by atoms with van der Waals surface area (Å²) in [5.74, 6) is 0.309. The average Bonchev–Trinajstić information content (AvgIpc) is 2.82. The van der Waals surface area contributed by atoms with E-state index in [0.29, 0.717) is 18.2 Å². The molecule has 2 heterocycles. The summed E-state index contributed by atoms with van der Waals surface area (Å²) in [5.41, 5.74) is 3.45. The van der Waals surface area contributed by atoms with Gasteiger partial charge >= 0.3 is 5.97 Å². The summed E-state index contributed by atoms with van der Waals surface area (Å²) in [7, 11) is 1.25. The van der Waals surface area contributed by atoms with Crippen molar-refractivity contribution in [2.24, 2.45) is 0 Å². The Morgan fingerprint density at radius 3 is 2.55 bits per heavy atom. The number of nitrogens with zero attached hydrogens (tertiary/aromatic N) is 3. The van der Waals surface area contributed by atoms with E-state index >= 15 is 0 Å². The zero-order chi connectivity index (χ0) is 21.6. The Balaban J connectivity index is 1.80. The van der Waals surface area contributed by atoms with Gasteiger partial charge in [-0.15, -0.1) is 0 Å². The summed E-state index contributed by atoms with van der Waals surface area (Å²) in [6.45, 7) is 0.476. The summed E-state index contributed by atoms with van der Waals surface area (Å²) in [5, 5.41) is 12.2. The number of carbonyl (C=O) groups is 1. The van der Waals surface area contributed by atoms with Crippen molar-refractivity contribution < 1.29 is 9.53 Å². The second kappa shape index (κ2) is 9.13. The van der Waals surface area contributed by atoms with E-state index in [1.165, 1.54) is 7.11 Å². The Hall–Kier alpha value is -4.13. The molecule has 0 amide bonds. The van der Waals surface area contributed by atoms with Gasteiger partial charge in [0.15, 0.2) is 0 Å². The van der Waals surface area contributed by atoms with Gasteiger partial charge in [-0.25, -0.2) is 14.8 Å². The third-order valence-electron chi connectivity index (χ3n) is 4.78. The molecule has 0 atom stereocenters. The fourth-order valence-corrected chi connectivity index (χ4v) is 3.33. The van der Waals surface area contributed by atoms with E-state index in [1.807, 2.05) is 66.7 Å². The number of esters is 1. The van der Waals surface area contributed by atoms with Crippen LogP contribution in [0.4, 0.5) is 5.82 Å². The third-order valence-corrected chi connectivity index (χ3v) is 4.78. The lowest BCUT2D eigenvalue weighted by Crippen LogP contribution is -2.19. The Morgan fingerprint density at radius 1 is 1.00 bits per heavy atom. The Labute approximate surface area is 179 Å². The monoisotopic (exact) mass is 411 g/mol. The van der Waals surface area contributed by atoms with E-state index < -0.39 is 5.97 Å². The quantitative estimate of drug-likeness (QED) is 0.352. The topological polar surface area (TPSA) is 101 Å². The van der Waals surface area contributed by atoms with Crippen LogP contribution in [-0.4, -0.2) is 33.7 Å². The lowest BCUT2D eigenvalue weighted by Gasteiger charge is -2.14. The van der Waals surface area contributed by atoms with Crippen molar-refractivity contribution in [3.8, 4) is 11.1 Å². The summed E-state index contributed by atoms with van der Waals surface area (Å²) in [4.78, 5) is 25.3. The summed E-state index contributed by atoms with van der Waals surface area (Å²) in [6, 6.07) is 21.6. The maximum Gasteiger partial charge on any atom is 0.352 e. The van der Waals surface area contributed by atoms with Gasteiger partial charge in [0, 0.05) is 6.20 Å². The molecule has 0 aliphatic carbocycles. The molecule has 0 radical (unpaired) electrons. The SMILES string of the molecule is COC(=O)C(=N)Cc1nc(NCc2ccccn2)c2c(-c3ccccc3)cccc2n1. The van der Waals surface area contributed by atoms with Gasteiger partial charge in [-0.1, -0.05) is 48.5 Å². The molecule has 0 aliphatic rings. The number of carbonyl (C=O) groups excluding carboxylic acids is 1. The number of rotatable bonds is 7. The molecule has 2 N–H and O–H groups in total. The molecule has 154 valence electrons. The lowest BCUT2D eigenvalue weighted by atomic mass is 10.0. The second-order valence-corrected chi connectivity index (χ2v) is 6.88.